The van der Waals surface area contributed by atoms with Crippen LogP contribution in [-0.2, 0) is 19.1 Å². The Kier molecular flexibility index (Phi) is 18.9. The summed E-state index contributed by atoms with van der Waals surface area (Å²) in [6.45, 7) is 7.09. The molecule has 0 amide bonds. The van der Waals surface area contributed by atoms with Gasteiger partial charge >= 0.3 is 11.9 Å². The molecule has 0 aromatic heterocycles. The third-order valence-corrected chi connectivity index (χ3v) is 4.88. The first-order valence-corrected chi connectivity index (χ1v) is 11.4. The summed E-state index contributed by atoms with van der Waals surface area (Å²) in [4.78, 5) is 23.7. The fourth-order valence-corrected chi connectivity index (χ4v) is 3.01. The second-order valence-electron chi connectivity index (χ2n) is 7.74. The molecule has 0 spiro atoms. The van der Waals surface area contributed by atoms with E-state index in [9.17, 15) is 9.59 Å². The smallest absolute Gasteiger partial charge is 0.309 e. The molecule has 0 bridgehead atoms. The van der Waals surface area contributed by atoms with E-state index in [2.05, 4.69) is 13.8 Å². The van der Waals surface area contributed by atoms with Crippen molar-refractivity contribution >= 4 is 11.9 Å². The SMILES string of the molecule is CCCCCCCCCOC(=O)CC(C)C(=O)OCCCCCCCCC. The Hall–Kier alpha value is -1.06. The minimum absolute atomic E-state index is 0.117. The van der Waals surface area contributed by atoms with Crippen molar-refractivity contribution in [3.05, 3.63) is 0 Å². The number of esters is 2. The molecule has 4 heteroatoms. The number of ether oxygens (including phenoxy) is 2. The molecule has 0 N–H and O–H groups in total. The highest BCUT2D eigenvalue weighted by molar-refractivity contribution is 5.79. The van der Waals surface area contributed by atoms with E-state index in [0.29, 0.717) is 13.2 Å². The lowest BCUT2D eigenvalue weighted by Crippen LogP contribution is -2.20. The monoisotopic (exact) mass is 384 g/mol. The summed E-state index contributed by atoms with van der Waals surface area (Å²) in [5.74, 6) is -0.994. The van der Waals surface area contributed by atoms with E-state index in [1.807, 2.05) is 0 Å². The highest BCUT2D eigenvalue weighted by atomic mass is 16.5. The molecule has 0 aromatic carbocycles. The first-order chi connectivity index (χ1) is 13.1. The zero-order valence-corrected chi connectivity index (χ0v) is 18.2. The lowest BCUT2D eigenvalue weighted by Gasteiger charge is -2.11. The lowest BCUT2D eigenvalue weighted by atomic mass is 10.1. The number of carbonyl (C=O) groups is 2. The summed E-state index contributed by atoms with van der Waals surface area (Å²) in [6.07, 6.45) is 16.8. The van der Waals surface area contributed by atoms with Crippen LogP contribution in [-0.4, -0.2) is 25.2 Å². The Labute approximate surface area is 167 Å². The number of hydrogen-bond donors (Lipinski definition) is 0. The van der Waals surface area contributed by atoms with Crippen molar-refractivity contribution in [2.24, 2.45) is 5.92 Å². The molecule has 0 fully saturated rings. The van der Waals surface area contributed by atoms with Gasteiger partial charge in [-0.25, -0.2) is 0 Å². The normalized spacial score (nSPS) is 12.0. The first kappa shape index (κ1) is 25.9. The summed E-state index contributed by atoms with van der Waals surface area (Å²) >= 11 is 0. The molecule has 0 saturated carbocycles. The van der Waals surface area contributed by atoms with E-state index in [1.165, 1.54) is 64.2 Å². The van der Waals surface area contributed by atoms with Gasteiger partial charge in [-0.2, -0.15) is 0 Å². The molecule has 160 valence electrons. The second kappa shape index (κ2) is 19.7. The zero-order valence-electron chi connectivity index (χ0n) is 18.2. The fraction of sp³-hybridized carbons (Fsp3) is 0.913. The van der Waals surface area contributed by atoms with E-state index in [4.69, 9.17) is 9.47 Å². The Morgan fingerprint density at radius 1 is 0.630 bits per heavy atom. The van der Waals surface area contributed by atoms with Gasteiger partial charge in [-0.3, -0.25) is 9.59 Å². The predicted molar refractivity (Wildman–Crippen MR) is 112 cm³/mol. The average molecular weight is 385 g/mol. The Morgan fingerprint density at radius 2 is 1.04 bits per heavy atom. The molecule has 0 saturated heterocycles. The van der Waals surface area contributed by atoms with E-state index >= 15 is 0 Å². The van der Waals surface area contributed by atoms with Gasteiger partial charge in [-0.1, -0.05) is 97.8 Å². The molecule has 0 aliphatic rings. The van der Waals surface area contributed by atoms with Crippen LogP contribution in [0.3, 0.4) is 0 Å². The van der Waals surface area contributed by atoms with Crippen LogP contribution in [0.5, 0.6) is 0 Å². The van der Waals surface area contributed by atoms with Crippen LogP contribution >= 0.6 is 0 Å². The van der Waals surface area contributed by atoms with Gasteiger partial charge in [-0.05, 0) is 12.8 Å². The van der Waals surface area contributed by atoms with Crippen LogP contribution in [0.25, 0.3) is 0 Å². The molecule has 0 aromatic rings. The molecular weight excluding hydrogens is 340 g/mol. The standard InChI is InChI=1S/C23H44O4/c1-4-6-8-10-12-14-16-18-26-22(24)20-21(3)23(25)27-19-17-15-13-11-9-7-5-2/h21H,4-20H2,1-3H3. The maximum atomic E-state index is 11.9. The van der Waals surface area contributed by atoms with Crippen LogP contribution in [0.15, 0.2) is 0 Å². The Balaban J connectivity index is 3.53. The molecule has 0 aliphatic heterocycles. The molecular formula is C23H44O4. The highest BCUT2D eigenvalue weighted by Gasteiger charge is 2.19. The van der Waals surface area contributed by atoms with E-state index < -0.39 is 5.92 Å². The van der Waals surface area contributed by atoms with Crippen molar-refractivity contribution in [3.63, 3.8) is 0 Å². The lowest BCUT2D eigenvalue weighted by molar-refractivity contribution is -0.154. The van der Waals surface area contributed by atoms with E-state index in [-0.39, 0.29) is 18.4 Å². The average Bonchev–Trinajstić information content (AvgIpc) is 2.65. The van der Waals surface area contributed by atoms with E-state index in [0.717, 1.165) is 25.7 Å². The molecule has 1 unspecified atom stereocenters. The fourth-order valence-electron chi connectivity index (χ4n) is 3.01. The summed E-state index contributed by atoms with van der Waals surface area (Å²) in [5, 5.41) is 0. The van der Waals surface area contributed by atoms with Crippen LogP contribution < -0.4 is 0 Å². The number of unbranched alkanes of at least 4 members (excludes halogenated alkanes) is 12. The molecule has 0 aliphatic carbocycles. The largest absolute Gasteiger partial charge is 0.466 e. The van der Waals surface area contributed by atoms with Gasteiger partial charge in [0.25, 0.3) is 0 Å². The zero-order chi connectivity index (χ0) is 20.2. The van der Waals surface area contributed by atoms with Gasteiger partial charge < -0.3 is 9.47 Å². The summed E-state index contributed by atoms with van der Waals surface area (Å²) in [5.41, 5.74) is 0. The Morgan fingerprint density at radius 3 is 1.52 bits per heavy atom. The van der Waals surface area contributed by atoms with Gasteiger partial charge in [0.1, 0.15) is 0 Å². The van der Waals surface area contributed by atoms with E-state index in [1.54, 1.807) is 6.92 Å². The van der Waals surface area contributed by atoms with Crippen molar-refractivity contribution in [2.45, 2.75) is 117 Å². The van der Waals surface area contributed by atoms with Crippen LogP contribution in [0.2, 0.25) is 0 Å². The molecule has 0 radical (unpaired) electrons. The van der Waals surface area contributed by atoms with Crippen molar-refractivity contribution in [2.75, 3.05) is 13.2 Å². The van der Waals surface area contributed by atoms with Crippen molar-refractivity contribution in [1.29, 1.82) is 0 Å². The summed E-state index contributed by atoms with van der Waals surface area (Å²) in [6, 6.07) is 0. The third kappa shape index (κ3) is 18.1. The predicted octanol–water partition coefficient (Wildman–Crippen LogP) is 6.60. The first-order valence-electron chi connectivity index (χ1n) is 11.4. The highest BCUT2D eigenvalue weighted by Crippen LogP contribution is 2.10. The Bertz CT molecular complexity index is 354. The van der Waals surface area contributed by atoms with Crippen molar-refractivity contribution in [1.82, 2.24) is 0 Å². The van der Waals surface area contributed by atoms with Crippen molar-refractivity contribution in [3.8, 4) is 0 Å². The van der Waals surface area contributed by atoms with Gasteiger partial charge in [0, 0.05) is 0 Å². The molecule has 27 heavy (non-hydrogen) atoms. The van der Waals surface area contributed by atoms with Crippen LogP contribution in [0.1, 0.15) is 117 Å². The minimum Gasteiger partial charge on any atom is -0.466 e. The molecule has 0 heterocycles. The van der Waals surface area contributed by atoms with Gasteiger partial charge in [0.05, 0.1) is 25.6 Å². The topological polar surface area (TPSA) is 52.6 Å². The minimum atomic E-state index is -0.420. The summed E-state index contributed by atoms with van der Waals surface area (Å²) < 4.78 is 10.5. The third-order valence-electron chi connectivity index (χ3n) is 4.88. The maximum absolute atomic E-state index is 11.9. The van der Waals surface area contributed by atoms with Gasteiger partial charge in [0.15, 0.2) is 0 Å². The second-order valence-corrected chi connectivity index (χ2v) is 7.74. The maximum Gasteiger partial charge on any atom is 0.309 e. The van der Waals surface area contributed by atoms with Gasteiger partial charge in [0.2, 0.25) is 0 Å². The number of rotatable bonds is 19. The summed E-state index contributed by atoms with van der Waals surface area (Å²) in [7, 11) is 0. The molecule has 1 atom stereocenters. The molecule has 0 rings (SSSR count). The molecule has 4 nitrogen and oxygen atoms in total. The quantitative estimate of drug-likeness (QED) is 0.186. The number of carbonyl (C=O) groups excluding carboxylic acids is 2. The van der Waals surface area contributed by atoms with Crippen LogP contribution in [0.4, 0.5) is 0 Å². The van der Waals surface area contributed by atoms with Gasteiger partial charge in [-0.15, -0.1) is 0 Å². The number of hydrogen-bond acceptors (Lipinski definition) is 4. The van der Waals surface area contributed by atoms with Crippen molar-refractivity contribution < 1.29 is 19.1 Å². The van der Waals surface area contributed by atoms with Crippen LogP contribution in [0, 0.1) is 5.92 Å².